The highest BCUT2D eigenvalue weighted by Gasteiger charge is 2.49. The van der Waals surface area contributed by atoms with E-state index in [9.17, 15) is 0 Å². The average Bonchev–Trinajstić information content (AvgIpc) is 2.37. The zero-order valence-corrected chi connectivity index (χ0v) is 15.0. The minimum Gasteiger partial charge on any atom is -0.396 e. The van der Waals surface area contributed by atoms with E-state index in [0.29, 0.717) is 23.4 Å². The number of aliphatic hydroxyl groups is 1. The van der Waals surface area contributed by atoms with Crippen LogP contribution in [0.3, 0.4) is 0 Å². The number of hydrogen-bond acceptors (Lipinski definition) is 1. The van der Waals surface area contributed by atoms with Gasteiger partial charge in [0.05, 0.1) is 0 Å². The second-order valence-corrected chi connectivity index (χ2v) is 8.77. The Bertz CT molecular complexity index is 393. The summed E-state index contributed by atoms with van der Waals surface area (Å²) in [4.78, 5) is 0. The second kappa shape index (κ2) is 6.44. The zero-order valence-electron chi connectivity index (χ0n) is 15.0. The summed E-state index contributed by atoms with van der Waals surface area (Å²) in [5, 5.41) is 9.12. The highest BCUT2D eigenvalue weighted by Crippen LogP contribution is 2.60. The summed E-state index contributed by atoms with van der Waals surface area (Å²) >= 11 is 0. The number of hydrogen-bond donors (Lipinski definition) is 1. The predicted octanol–water partition coefficient (Wildman–Crippen LogP) is 5.73. The molecule has 0 aromatic heterocycles. The molecule has 1 nitrogen and oxygen atoms in total. The van der Waals surface area contributed by atoms with Gasteiger partial charge >= 0.3 is 0 Å². The first-order chi connectivity index (χ1) is 9.81. The van der Waals surface area contributed by atoms with E-state index in [-0.39, 0.29) is 0 Å². The van der Waals surface area contributed by atoms with Gasteiger partial charge in [0.25, 0.3) is 0 Å². The molecule has 1 N–H and O–H groups in total. The third-order valence-electron chi connectivity index (χ3n) is 6.75. The standard InChI is InChI=1S/C20H36O/c1-15(11-14-21)7-9-17-16(2)8-10-18-19(3,4)12-6-13-20(17,18)5/h15,18,21H,6-14H2,1-5H3/t15-,18-,20+/m1/s1. The summed E-state index contributed by atoms with van der Waals surface area (Å²) < 4.78 is 0. The molecule has 1 heteroatoms. The first-order valence-electron chi connectivity index (χ1n) is 9.11. The van der Waals surface area contributed by atoms with E-state index in [2.05, 4.69) is 34.6 Å². The summed E-state index contributed by atoms with van der Waals surface area (Å²) in [5.74, 6) is 1.52. The van der Waals surface area contributed by atoms with Crippen LogP contribution in [0.15, 0.2) is 11.1 Å². The fourth-order valence-electron chi connectivity index (χ4n) is 5.45. The van der Waals surface area contributed by atoms with Gasteiger partial charge in [0.15, 0.2) is 0 Å². The third kappa shape index (κ3) is 3.38. The molecule has 2 aliphatic carbocycles. The lowest BCUT2D eigenvalue weighted by molar-refractivity contribution is 0.00989. The van der Waals surface area contributed by atoms with Crippen molar-refractivity contribution in [3.63, 3.8) is 0 Å². The lowest BCUT2D eigenvalue weighted by Crippen LogP contribution is -2.45. The van der Waals surface area contributed by atoms with Gasteiger partial charge in [-0.2, -0.15) is 0 Å². The lowest BCUT2D eigenvalue weighted by Gasteiger charge is -2.55. The molecule has 2 rings (SSSR count). The van der Waals surface area contributed by atoms with Crippen LogP contribution in [0.2, 0.25) is 0 Å². The van der Waals surface area contributed by atoms with Crippen molar-refractivity contribution in [1.82, 2.24) is 0 Å². The normalized spacial score (nSPS) is 33.7. The molecule has 21 heavy (non-hydrogen) atoms. The van der Waals surface area contributed by atoms with Crippen molar-refractivity contribution in [2.45, 2.75) is 86.0 Å². The largest absolute Gasteiger partial charge is 0.396 e. The van der Waals surface area contributed by atoms with Crippen LogP contribution >= 0.6 is 0 Å². The molecule has 0 unspecified atom stereocenters. The van der Waals surface area contributed by atoms with Gasteiger partial charge in [0, 0.05) is 6.61 Å². The van der Waals surface area contributed by atoms with E-state index in [1.807, 2.05) is 0 Å². The summed E-state index contributed by atoms with van der Waals surface area (Å²) in [5.41, 5.74) is 4.43. The highest BCUT2D eigenvalue weighted by atomic mass is 16.3. The second-order valence-electron chi connectivity index (χ2n) is 8.77. The van der Waals surface area contributed by atoms with Crippen molar-refractivity contribution in [1.29, 1.82) is 0 Å². The van der Waals surface area contributed by atoms with E-state index < -0.39 is 0 Å². The Morgan fingerprint density at radius 1 is 1.19 bits per heavy atom. The average molecular weight is 293 g/mol. The third-order valence-corrected chi connectivity index (χ3v) is 6.75. The van der Waals surface area contributed by atoms with Gasteiger partial charge in [-0.05, 0) is 74.5 Å². The smallest absolute Gasteiger partial charge is 0.0433 e. The lowest BCUT2D eigenvalue weighted by atomic mass is 9.50. The van der Waals surface area contributed by atoms with Crippen LogP contribution in [0, 0.1) is 22.7 Å². The van der Waals surface area contributed by atoms with Crippen molar-refractivity contribution < 1.29 is 5.11 Å². The summed E-state index contributed by atoms with van der Waals surface area (Å²) in [7, 11) is 0. The molecule has 0 bridgehead atoms. The molecule has 122 valence electrons. The Morgan fingerprint density at radius 3 is 2.57 bits per heavy atom. The monoisotopic (exact) mass is 292 g/mol. The highest BCUT2D eigenvalue weighted by molar-refractivity contribution is 5.27. The van der Waals surface area contributed by atoms with Crippen LogP contribution in [0.5, 0.6) is 0 Å². The maximum absolute atomic E-state index is 9.12. The molecule has 1 saturated carbocycles. The van der Waals surface area contributed by atoms with Gasteiger partial charge in [0.1, 0.15) is 0 Å². The Labute approximate surface area is 132 Å². The van der Waals surface area contributed by atoms with Gasteiger partial charge in [-0.15, -0.1) is 0 Å². The molecular weight excluding hydrogens is 256 g/mol. The molecule has 0 spiro atoms. The minimum atomic E-state index is 0.339. The fraction of sp³-hybridized carbons (Fsp3) is 0.900. The topological polar surface area (TPSA) is 20.2 Å². The Morgan fingerprint density at radius 2 is 1.90 bits per heavy atom. The maximum Gasteiger partial charge on any atom is 0.0433 e. The molecule has 0 aliphatic heterocycles. The van der Waals surface area contributed by atoms with Crippen molar-refractivity contribution in [2.24, 2.45) is 22.7 Å². The van der Waals surface area contributed by atoms with Crippen LogP contribution < -0.4 is 0 Å². The molecular formula is C20H36O. The fourth-order valence-corrected chi connectivity index (χ4v) is 5.45. The van der Waals surface area contributed by atoms with E-state index in [1.54, 1.807) is 11.1 Å². The minimum absolute atomic E-state index is 0.339. The SMILES string of the molecule is CC1=C(CC[C@@H](C)CCO)[C@]2(C)CCCC(C)(C)[C@H]2CC1. The van der Waals surface area contributed by atoms with Crippen molar-refractivity contribution >= 4 is 0 Å². The van der Waals surface area contributed by atoms with Crippen molar-refractivity contribution in [2.75, 3.05) is 6.61 Å². The number of fused-ring (bicyclic) bond motifs is 1. The van der Waals surface area contributed by atoms with Crippen LogP contribution in [-0.2, 0) is 0 Å². The molecule has 0 aromatic carbocycles. The van der Waals surface area contributed by atoms with Crippen molar-refractivity contribution in [3.05, 3.63) is 11.1 Å². The summed E-state index contributed by atoms with van der Waals surface area (Å²) in [6.07, 6.45) is 10.4. The molecule has 0 saturated heterocycles. The summed E-state index contributed by atoms with van der Waals surface area (Å²) in [6.45, 7) is 12.6. The molecule has 1 fully saturated rings. The Hall–Kier alpha value is -0.300. The van der Waals surface area contributed by atoms with E-state index in [4.69, 9.17) is 5.11 Å². The zero-order chi connectivity index (χ0) is 15.7. The number of allylic oxidation sites excluding steroid dienone is 2. The van der Waals surface area contributed by atoms with Crippen LogP contribution in [-0.4, -0.2) is 11.7 Å². The molecule has 0 heterocycles. The van der Waals surface area contributed by atoms with Gasteiger partial charge < -0.3 is 5.11 Å². The molecule has 0 amide bonds. The van der Waals surface area contributed by atoms with Crippen LogP contribution in [0.1, 0.15) is 86.0 Å². The summed E-state index contributed by atoms with van der Waals surface area (Å²) in [6, 6.07) is 0. The molecule has 0 aromatic rings. The quantitative estimate of drug-likeness (QED) is 0.642. The molecule has 2 aliphatic rings. The Kier molecular flexibility index (Phi) is 5.23. The van der Waals surface area contributed by atoms with Gasteiger partial charge in [0.2, 0.25) is 0 Å². The maximum atomic E-state index is 9.12. The van der Waals surface area contributed by atoms with Gasteiger partial charge in [-0.3, -0.25) is 0 Å². The van der Waals surface area contributed by atoms with Gasteiger partial charge in [-0.1, -0.05) is 45.3 Å². The number of rotatable bonds is 5. The van der Waals surface area contributed by atoms with Gasteiger partial charge in [-0.25, -0.2) is 0 Å². The van der Waals surface area contributed by atoms with E-state index in [1.165, 1.54) is 44.9 Å². The molecule has 3 atom stereocenters. The van der Waals surface area contributed by atoms with Crippen LogP contribution in [0.4, 0.5) is 0 Å². The first kappa shape index (κ1) is 17.1. The number of aliphatic hydroxyl groups excluding tert-OH is 1. The van der Waals surface area contributed by atoms with Crippen molar-refractivity contribution in [3.8, 4) is 0 Å². The van der Waals surface area contributed by atoms with Crippen LogP contribution in [0.25, 0.3) is 0 Å². The molecule has 0 radical (unpaired) electrons. The Balaban J connectivity index is 2.17. The van der Waals surface area contributed by atoms with E-state index >= 15 is 0 Å². The first-order valence-corrected chi connectivity index (χ1v) is 9.11. The van der Waals surface area contributed by atoms with E-state index in [0.717, 1.165) is 12.3 Å². The predicted molar refractivity (Wildman–Crippen MR) is 91.3 cm³/mol.